The highest BCUT2D eigenvalue weighted by Crippen LogP contribution is 2.32. The Labute approximate surface area is 212 Å². The Morgan fingerprint density at radius 1 is 0.974 bits per heavy atom. The van der Waals surface area contributed by atoms with Crippen LogP contribution in [-0.2, 0) is 6.61 Å². The fraction of sp³-hybridized carbons (Fsp3) is 0.115. The lowest BCUT2D eigenvalue weighted by molar-refractivity contribution is -0.384. The lowest BCUT2D eigenvalue weighted by Gasteiger charge is -2.11. The molecule has 0 fully saturated rings. The lowest BCUT2D eigenvalue weighted by atomic mass is 10.1. The maximum absolute atomic E-state index is 13.8. The van der Waals surface area contributed by atoms with E-state index in [-0.39, 0.29) is 34.7 Å². The van der Waals surface area contributed by atoms with Gasteiger partial charge in [-0.05, 0) is 43.2 Å². The van der Waals surface area contributed by atoms with Gasteiger partial charge in [0.05, 0.1) is 16.7 Å². The lowest BCUT2D eigenvalue weighted by Crippen LogP contribution is -2.11. The summed E-state index contributed by atoms with van der Waals surface area (Å²) in [6, 6.07) is 11.7. The van der Waals surface area contributed by atoms with Gasteiger partial charge in [-0.1, -0.05) is 12.1 Å². The number of furan rings is 1. The van der Waals surface area contributed by atoms with Gasteiger partial charge in [0.15, 0.2) is 23.1 Å². The summed E-state index contributed by atoms with van der Waals surface area (Å²) in [6.45, 7) is 3.01. The van der Waals surface area contributed by atoms with Crippen LogP contribution >= 0.6 is 0 Å². The highest BCUT2D eigenvalue weighted by Gasteiger charge is 2.22. The van der Waals surface area contributed by atoms with Crippen molar-refractivity contribution in [1.82, 2.24) is 0 Å². The maximum atomic E-state index is 13.8. The van der Waals surface area contributed by atoms with E-state index in [4.69, 9.17) is 13.9 Å². The topological polar surface area (TPSA) is 104 Å². The predicted molar refractivity (Wildman–Crippen MR) is 126 cm³/mol. The average Bonchev–Trinajstić information content (AvgIpc) is 3.34. The summed E-state index contributed by atoms with van der Waals surface area (Å²) in [5, 5.41) is 13.9. The van der Waals surface area contributed by atoms with Gasteiger partial charge < -0.3 is 19.2 Å². The number of anilines is 1. The van der Waals surface area contributed by atoms with E-state index in [1.807, 2.05) is 19.1 Å². The molecule has 38 heavy (non-hydrogen) atoms. The van der Waals surface area contributed by atoms with Gasteiger partial charge in [-0.3, -0.25) is 14.9 Å². The third-order valence-corrected chi connectivity index (χ3v) is 5.25. The van der Waals surface area contributed by atoms with Crippen molar-refractivity contribution >= 4 is 17.3 Å². The normalized spacial score (nSPS) is 10.8. The molecule has 8 nitrogen and oxygen atoms in total. The first-order chi connectivity index (χ1) is 18.0. The Kier molecular flexibility index (Phi) is 7.33. The van der Waals surface area contributed by atoms with Crippen LogP contribution in [0.4, 0.5) is 28.9 Å². The summed E-state index contributed by atoms with van der Waals surface area (Å²) in [6.07, 6.45) is 0. The summed E-state index contributed by atoms with van der Waals surface area (Å²) >= 11 is 0. The number of nitrogens with one attached hydrogen (secondary N) is 1. The summed E-state index contributed by atoms with van der Waals surface area (Å²) in [5.41, 5.74) is 1.38. The van der Waals surface area contributed by atoms with Crippen molar-refractivity contribution in [2.75, 3.05) is 5.32 Å². The zero-order valence-corrected chi connectivity index (χ0v) is 19.8. The van der Waals surface area contributed by atoms with Crippen LogP contribution in [0, 0.1) is 47.2 Å². The summed E-state index contributed by atoms with van der Waals surface area (Å²) in [4.78, 5) is 23.4. The Bertz CT molecular complexity index is 1530. The minimum atomic E-state index is -1.72. The Morgan fingerprint density at radius 2 is 1.68 bits per heavy atom. The number of carbonyl (C=O) groups is 1. The molecule has 196 valence electrons. The van der Waals surface area contributed by atoms with Crippen molar-refractivity contribution in [3.63, 3.8) is 0 Å². The van der Waals surface area contributed by atoms with Gasteiger partial charge >= 0.3 is 0 Å². The zero-order chi connectivity index (χ0) is 27.6. The molecule has 0 spiro atoms. The SMILES string of the molecule is Cc1ccc(C)c(Oc2cc(NC(=O)c3ccc(COc4c(F)c(F)cc(F)c4F)o3)cc([N+](=O)[O-])c2)c1. The molecule has 0 atom stereocenters. The monoisotopic (exact) mass is 530 g/mol. The van der Waals surface area contributed by atoms with E-state index in [1.54, 1.807) is 13.0 Å². The molecule has 1 aromatic heterocycles. The van der Waals surface area contributed by atoms with Crippen LogP contribution in [0.15, 0.2) is 59.0 Å². The molecule has 0 aliphatic carbocycles. The molecule has 0 bridgehead atoms. The van der Waals surface area contributed by atoms with Crippen molar-refractivity contribution < 1.29 is 41.2 Å². The molecular formula is C26H18F4N2O6. The molecule has 12 heteroatoms. The molecule has 0 saturated heterocycles. The number of rotatable bonds is 8. The minimum absolute atomic E-state index is 0.0260. The Hall–Kier alpha value is -4.87. The first kappa shape index (κ1) is 26.2. The van der Waals surface area contributed by atoms with Crippen LogP contribution in [0.1, 0.15) is 27.4 Å². The molecule has 0 aliphatic rings. The van der Waals surface area contributed by atoms with Crippen molar-refractivity contribution in [2.45, 2.75) is 20.5 Å². The average molecular weight is 530 g/mol. The molecule has 0 saturated carbocycles. The third-order valence-electron chi connectivity index (χ3n) is 5.25. The van der Waals surface area contributed by atoms with Gasteiger partial charge in [0.25, 0.3) is 11.6 Å². The van der Waals surface area contributed by atoms with Gasteiger partial charge in [-0.15, -0.1) is 0 Å². The van der Waals surface area contributed by atoms with E-state index < -0.39 is 46.5 Å². The van der Waals surface area contributed by atoms with Gasteiger partial charge in [0, 0.05) is 18.2 Å². The quantitative estimate of drug-likeness (QED) is 0.114. The molecule has 0 aliphatic heterocycles. The van der Waals surface area contributed by atoms with Gasteiger partial charge in [0.2, 0.25) is 11.6 Å². The summed E-state index contributed by atoms with van der Waals surface area (Å²) < 4.78 is 70.1. The van der Waals surface area contributed by atoms with E-state index in [2.05, 4.69) is 5.32 Å². The number of nitro groups is 1. The third kappa shape index (κ3) is 5.75. The van der Waals surface area contributed by atoms with Crippen LogP contribution in [0.5, 0.6) is 17.2 Å². The molecule has 1 amide bonds. The Balaban J connectivity index is 1.50. The number of hydrogen-bond donors (Lipinski definition) is 1. The van der Waals surface area contributed by atoms with E-state index >= 15 is 0 Å². The number of amides is 1. The van der Waals surface area contributed by atoms with Crippen molar-refractivity contribution in [1.29, 1.82) is 0 Å². The van der Waals surface area contributed by atoms with Gasteiger partial charge in [-0.25, -0.2) is 8.78 Å². The first-order valence-electron chi connectivity index (χ1n) is 10.9. The smallest absolute Gasteiger partial charge is 0.291 e. The highest BCUT2D eigenvalue weighted by atomic mass is 19.2. The molecular weight excluding hydrogens is 512 g/mol. The largest absolute Gasteiger partial charge is 0.479 e. The fourth-order valence-corrected chi connectivity index (χ4v) is 3.36. The number of halogens is 4. The second kappa shape index (κ2) is 10.6. The number of carbonyl (C=O) groups excluding carboxylic acids is 1. The van der Waals surface area contributed by atoms with E-state index in [0.29, 0.717) is 5.75 Å². The number of hydrogen-bond acceptors (Lipinski definition) is 6. The molecule has 4 aromatic rings. The van der Waals surface area contributed by atoms with E-state index in [1.165, 1.54) is 24.3 Å². The molecule has 1 heterocycles. The van der Waals surface area contributed by atoms with Crippen LogP contribution in [-0.4, -0.2) is 10.8 Å². The van der Waals surface area contributed by atoms with Crippen LogP contribution < -0.4 is 14.8 Å². The van der Waals surface area contributed by atoms with Gasteiger partial charge in [0.1, 0.15) is 23.9 Å². The van der Waals surface area contributed by atoms with E-state index in [0.717, 1.165) is 17.2 Å². The number of benzene rings is 3. The standard InChI is InChI=1S/C26H18F4N2O6/c1-13-3-4-14(2)22(7-13)38-18-9-15(8-16(10-18)32(34)35)31-26(33)21-6-5-17(37-21)12-36-25-23(29)19(27)11-20(28)24(25)30/h3-11H,12H2,1-2H3,(H,31,33). The molecule has 4 rings (SSSR count). The number of non-ortho nitro benzene ring substituents is 1. The van der Waals surface area contributed by atoms with Crippen molar-refractivity contribution in [3.05, 3.63) is 111 Å². The first-order valence-corrected chi connectivity index (χ1v) is 10.9. The maximum Gasteiger partial charge on any atom is 0.291 e. The number of ether oxygens (including phenoxy) is 2. The highest BCUT2D eigenvalue weighted by molar-refractivity contribution is 6.02. The Morgan fingerprint density at radius 3 is 2.37 bits per heavy atom. The van der Waals surface area contributed by atoms with E-state index in [9.17, 15) is 32.5 Å². The van der Waals surface area contributed by atoms with Crippen LogP contribution in [0.25, 0.3) is 0 Å². The number of nitro benzene ring substituents is 1. The molecule has 0 unspecified atom stereocenters. The van der Waals surface area contributed by atoms with Crippen LogP contribution in [0.2, 0.25) is 0 Å². The second-order valence-electron chi connectivity index (χ2n) is 8.15. The molecule has 0 radical (unpaired) electrons. The van der Waals surface area contributed by atoms with Gasteiger partial charge in [-0.2, -0.15) is 8.78 Å². The summed E-state index contributed by atoms with van der Waals surface area (Å²) in [5.74, 6) is -8.63. The van der Waals surface area contributed by atoms with Crippen LogP contribution in [0.3, 0.4) is 0 Å². The molecule has 1 N–H and O–H groups in total. The number of nitrogens with zero attached hydrogens (tertiary/aromatic N) is 1. The zero-order valence-electron chi connectivity index (χ0n) is 19.8. The van der Waals surface area contributed by atoms with Crippen molar-refractivity contribution in [3.8, 4) is 17.2 Å². The number of aryl methyl sites for hydroxylation is 2. The molecule has 3 aromatic carbocycles. The predicted octanol–water partition coefficient (Wildman–Crippen LogP) is 6.98. The second-order valence-corrected chi connectivity index (χ2v) is 8.15. The van der Waals surface area contributed by atoms with Crippen molar-refractivity contribution in [2.24, 2.45) is 0 Å². The minimum Gasteiger partial charge on any atom is -0.479 e. The fourth-order valence-electron chi connectivity index (χ4n) is 3.36. The summed E-state index contributed by atoms with van der Waals surface area (Å²) in [7, 11) is 0.